The highest BCUT2D eigenvalue weighted by Crippen LogP contribution is 2.26. The Morgan fingerprint density at radius 3 is 3.00 bits per heavy atom. The molecule has 3 heterocycles. The molecule has 3 N–H and O–H groups in total. The quantitative estimate of drug-likeness (QED) is 0.877. The number of aromatic amines is 1. The number of primary amides is 1. The minimum Gasteiger partial charge on any atom is -0.364 e. The zero-order valence-corrected chi connectivity index (χ0v) is 13.7. The van der Waals surface area contributed by atoms with E-state index < -0.39 is 5.91 Å². The van der Waals surface area contributed by atoms with Crippen molar-refractivity contribution >= 4 is 23.2 Å². The molecule has 122 valence electrons. The minimum absolute atomic E-state index is 0.0923. The number of hydrogen-bond donors (Lipinski definition) is 2. The number of likely N-dealkylation sites (tertiary alicyclic amines) is 1. The number of thiazole rings is 1. The number of carbonyl (C=O) groups is 2. The van der Waals surface area contributed by atoms with Gasteiger partial charge in [0.25, 0.3) is 5.91 Å². The zero-order valence-electron chi connectivity index (χ0n) is 12.9. The maximum absolute atomic E-state index is 12.5. The molecule has 2 aromatic heterocycles. The first-order chi connectivity index (χ1) is 11.0. The van der Waals surface area contributed by atoms with Gasteiger partial charge < -0.3 is 10.6 Å². The molecule has 3 rings (SSSR count). The number of carbonyl (C=O) groups excluding carboxylic acids is 2. The van der Waals surface area contributed by atoms with Crippen LogP contribution in [-0.2, 0) is 11.2 Å². The summed E-state index contributed by atoms with van der Waals surface area (Å²) in [5.74, 6) is -0.296. The van der Waals surface area contributed by atoms with Crippen molar-refractivity contribution in [3.63, 3.8) is 0 Å². The fourth-order valence-electron chi connectivity index (χ4n) is 2.89. The van der Waals surface area contributed by atoms with Gasteiger partial charge in [0.05, 0.1) is 17.1 Å². The molecule has 0 radical (unpaired) electrons. The summed E-state index contributed by atoms with van der Waals surface area (Å²) in [6.45, 7) is 3.32. The van der Waals surface area contributed by atoms with E-state index in [-0.39, 0.29) is 17.5 Å². The minimum atomic E-state index is -0.546. The molecule has 1 aliphatic rings. The van der Waals surface area contributed by atoms with Crippen molar-refractivity contribution in [2.24, 2.45) is 5.73 Å². The summed E-state index contributed by atoms with van der Waals surface area (Å²) in [5, 5.41) is 9.70. The summed E-state index contributed by atoms with van der Waals surface area (Å²) < 4.78 is 0. The van der Waals surface area contributed by atoms with E-state index in [9.17, 15) is 9.59 Å². The number of H-pyrrole nitrogens is 1. The number of hydrogen-bond acceptors (Lipinski definition) is 5. The number of nitrogens with two attached hydrogens (primary N) is 1. The van der Waals surface area contributed by atoms with E-state index in [4.69, 9.17) is 5.73 Å². The second-order valence-electron chi connectivity index (χ2n) is 5.79. The van der Waals surface area contributed by atoms with Crippen molar-refractivity contribution < 1.29 is 9.59 Å². The molecule has 0 aromatic carbocycles. The van der Waals surface area contributed by atoms with Crippen molar-refractivity contribution in [1.29, 1.82) is 0 Å². The second kappa shape index (κ2) is 6.49. The normalized spacial score (nSPS) is 18.1. The van der Waals surface area contributed by atoms with Gasteiger partial charge in [0.15, 0.2) is 0 Å². The number of rotatable bonds is 4. The third kappa shape index (κ3) is 3.58. The molecule has 0 spiro atoms. The molecule has 0 unspecified atom stereocenters. The van der Waals surface area contributed by atoms with E-state index in [1.54, 1.807) is 17.4 Å². The summed E-state index contributed by atoms with van der Waals surface area (Å²) in [7, 11) is 0. The maximum atomic E-state index is 12.5. The van der Waals surface area contributed by atoms with Gasteiger partial charge in [-0.25, -0.2) is 4.98 Å². The monoisotopic (exact) mass is 333 g/mol. The summed E-state index contributed by atoms with van der Waals surface area (Å²) in [5.41, 5.74) is 7.16. The Balaban J connectivity index is 1.65. The van der Waals surface area contributed by atoms with Crippen LogP contribution in [0.2, 0.25) is 0 Å². The zero-order chi connectivity index (χ0) is 16.4. The third-order valence-corrected chi connectivity index (χ3v) is 4.89. The summed E-state index contributed by atoms with van der Waals surface area (Å²) in [6.07, 6.45) is 2.23. The Hall–Kier alpha value is -2.22. The van der Waals surface area contributed by atoms with Crippen LogP contribution in [0.25, 0.3) is 0 Å². The molecule has 0 bridgehead atoms. The van der Waals surface area contributed by atoms with Gasteiger partial charge in [0.2, 0.25) is 5.91 Å². The topological polar surface area (TPSA) is 105 Å². The Kier molecular flexibility index (Phi) is 4.42. The van der Waals surface area contributed by atoms with Crippen LogP contribution in [0.4, 0.5) is 0 Å². The second-order valence-corrected chi connectivity index (χ2v) is 6.85. The molecule has 0 aliphatic carbocycles. The van der Waals surface area contributed by atoms with E-state index >= 15 is 0 Å². The molecule has 1 aliphatic heterocycles. The molecule has 1 atom stereocenters. The van der Waals surface area contributed by atoms with Gasteiger partial charge in [-0.15, -0.1) is 11.3 Å². The number of amides is 2. The molecule has 8 heteroatoms. The first-order valence-electron chi connectivity index (χ1n) is 7.57. The lowest BCUT2D eigenvalue weighted by molar-refractivity contribution is -0.131. The van der Waals surface area contributed by atoms with Crippen molar-refractivity contribution in [1.82, 2.24) is 20.1 Å². The highest BCUT2D eigenvalue weighted by Gasteiger charge is 2.26. The number of aryl methyl sites for hydroxylation is 1. The number of piperidine rings is 1. The molecule has 1 saturated heterocycles. The molecule has 2 amide bonds. The summed E-state index contributed by atoms with van der Waals surface area (Å²) >= 11 is 1.56. The first-order valence-corrected chi connectivity index (χ1v) is 8.45. The highest BCUT2D eigenvalue weighted by atomic mass is 32.1. The Morgan fingerprint density at radius 2 is 2.35 bits per heavy atom. The van der Waals surface area contributed by atoms with Crippen LogP contribution in [0.3, 0.4) is 0 Å². The van der Waals surface area contributed by atoms with Crippen molar-refractivity contribution in [3.8, 4) is 0 Å². The van der Waals surface area contributed by atoms with E-state index in [2.05, 4.69) is 15.2 Å². The molecule has 23 heavy (non-hydrogen) atoms. The van der Waals surface area contributed by atoms with Crippen LogP contribution in [0.1, 0.15) is 45.6 Å². The Morgan fingerprint density at radius 1 is 1.52 bits per heavy atom. The smallest absolute Gasteiger partial charge is 0.269 e. The summed E-state index contributed by atoms with van der Waals surface area (Å²) in [4.78, 5) is 29.8. The van der Waals surface area contributed by atoms with E-state index in [1.807, 2.05) is 17.2 Å². The van der Waals surface area contributed by atoms with Gasteiger partial charge in [-0.2, -0.15) is 5.10 Å². The van der Waals surface area contributed by atoms with E-state index in [1.165, 1.54) is 0 Å². The van der Waals surface area contributed by atoms with Crippen LogP contribution < -0.4 is 5.73 Å². The fourth-order valence-corrected chi connectivity index (χ4v) is 3.50. The lowest BCUT2D eigenvalue weighted by Crippen LogP contribution is -2.40. The van der Waals surface area contributed by atoms with Gasteiger partial charge >= 0.3 is 0 Å². The maximum Gasteiger partial charge on any atom is 0.269 e. The SMILES string of the molecule is Cc1nc(CC(=O)N2CCC[C@@H](c3cc(C(N)=O)n[nH]3)C2)cs1. The predicted octanol–water partition coefficient (Wildman–Crippen LogP) is 1.22. The van der Waals surface area contributed by atoms with Gasteiger partial charge in [-0.3, -0.25) is 14.7 Å². The van der Waals surface area contributed by atoms with Crippen molar-refractivity contribution in [2.45, 2.75) is 32.1 Å². The van der Waals surface area contributed by atoms with E-state index in [0.717, 1.165) is 35.8 Å². The predicted molar refractivity (Wildman–Crippen MR) is 86.2 cm³/mol. The fraction of sp³-hybridized carbons (Fsp3) is 0.467. The van der Waals surface area contributed by atoms with Crippen molar-refractivity contribution in [2.75, 3.05) is 13.1 Å². The van der Waals surface area contributed by atoms with Gasteiger partial charge in [0.1, 0.15) is 5.69 Å². The molecular formula is C15H19N5O2S. The Labute approximate surface area is 137 Å². The van der Waals surface area contributed by atoms with Crippen LogP contribution in [0, 0.1) is 6.92 Å². The number of nitrogens with one attached hydrogen (secondary N) is 1. The molecular weight excluding hydrogens is 314 g/mol. The largest absolute Gasteiger partial charge is 0.364 e. The highest BCUT2D eigenvalue weighted by molar-refractivity contribution is 7.09. The van der Waals surface area contributed by atoms with Crippen LogP contribution in [-0.4, -0.2) is 45.0 Å². The molecule has 0 saturated carbocycles. The first kappa shape index (κ1) is 15.7. The molecule has 7 nitrogen and oxygen atoms in total. The summed E-state index contributed by atoms with van der Waals surface area (Å²) in [6, 6.07) is 1.69. The van der Waals surface area contributed by atoms with Gasteiger partial charge in [0, 0.05) is 30.1 Å². The number of nitrogens with zero attached hydrogens (tertiary/aromatic N) is 3. The lowest BCUT2D eigenvalue weighted by atomic mass is 9.94. The standard InChI is InChI=1S/C15H19N5O2S/c1-9-17-11(8-23-9)5-14(21)20-4-2-3-10(7-20)12-6-13(15(16)22)19-18-12/h6,8,10H,2-5,7H2,1H3,(H2,16,22)(H,18,19)/t10-/m1/s1. The Bertz CT molecular complexity index is 723. The van der Waals surface area contributed by atoms with E-state index in [0.29, 0.717) is 13.0 Å². The molecule has 1 fully saturated rings. The van der Waals surface area contributed by atoms with Crippen LogP contribution >= 0.6 is 11.3 Å². The average Bonchev–Trinajstić information content (AvgIpc) is 3.17. The third-order valence-electron chi connectivity index (χ3n) is 4.06. The number of aromatic nitrogens is 3. The lowest BCUT2D eigenvalue weighted by Gasteiger charge is -2.32. The van der Waals surface area contributed by atoms with Crippen molar-refractivity contribution in [3.05, 3.63) is 33.5 Å². The average molecular weight is 333 g/mol. The van der Waals surface area contributed by atoms with Crippen LogP contribution in [0.15, 0.2) is 11.4 Å². The van der Waals surface area contributed by atoms with Gasteiger partial charge in [-0.05, 0) is 25.8 Å². The van der Waals surface area contributed by atoms with Crippen LogP contribution in [0.5, 0.6) is 0 Å². The van der Waals surface area contributed by atoms with Gasteiger partial charge in [-0.1, -0.05) is 0 Å². The molecule has 2 aromatic rings.